The zero-order valence-electron chi connectivity index (χ0n) is 14.3. The van der Waals surface area contributed by atoms with Gasteiger partial charge in [-0.3, -0.25) is 14.9 Å². The van der Waals surface area contributed by atoms with Crippen LogP contribution in [0.25, 0.3) is 0 Å². The fourth-order valence-electron chi connectivity index (χ4n) is 2.13. The van der Waals surface area contributed by atoms with Crippen LogP contribution >= 0.6 is 11.3 Å². The molecule has 0 saturated carbocycles. The molecule has 1 heterocycles. The summed E-state index contributed by atoms with van der Waals surface area (Å²) in [6.07, 6.45) is 0. The van der Waals surface area contributed by atoms with Gasteiger partial charge in [0.1, 0.15) is 0 Å². The van der Waals surface area contributed by atoms with E-state index in [1.54, 1.807) is 14.0 Å². The van der Waals surface area contributed by atoms with Gasteiger partial charge in [0, 0.05) is 19.7 Å². The highest BCUT2D eigenvalue weighted by Crippen LogP contribution is 2.28. The summed E-state index contributed by atoms with van der Waals surface area (Å²) in [4.78, 5) is 36.0. The zero-order valence-corrected chi connectivity index (χ0v) is 15.2. The topological polar surface area (TPSA) is 99.0 Å². The van der Waals surface area contributed by atoms with Gasteiger partial charge in [-0.15, -0.1) is 0 Å². The summed E-state index contributed by atoms with van der Waals surface area (Å²) in [5.74, 6) is -1.11. The maximum absolute atomic E-state index is 12.1. The number of thiophene rings is 1. The number of esters is 1. The lowest BCUT2D eigenvalue weighted by molar-refractivity contribution is -0.385. The molecule has 0 radical (unpaired) electrons. The van der Waals surface area contributed by atoms with Crippen LogP contribution in [0.5, 0.6) is 5.75 Å². The fourth-order valence-corrected chi connectivity index (χ4v) is 2.79. The molecule has 0 N–H and O–H groups in total. The third kappa shape index (κ3) is 5.03. The summed E-state index contributed by atoms with van der Waals surface area (Å²) in [7, 11) is 1.61. The molecule has 26 heavy (non-hydrogen) atoms. The molecule has 8 nitrogen and oxygen atoms in total. The average Bonchev–Trinajstić information content (AvgIpc) is 3.12. The van der Waals surface area contributed by atoms with Gasteiger partial charge in [0.05, 0.1) is 17.1 Å². The summed E-state index contributed by atoms with van der Waals surface area (Å²) < 4.78 is 10.1. The number of nitro benzene ring substituents is 1. The molecule has 0 saturated heterocycles. The standard InChI is InChI=1S/C17H18N2O6S/c1-3-24-15-5-4-13(8-14(15)19(22)23)17(21)25-10-16(20)18(2)9-12-6-7-26-11-12/h4-8,11H,3,9-10H2,1-2H3. The molecule has 138 valence electrons. The molecule has 2 rings (SSSR count). The van der Waals surface area contributed by atoms with Crippen LogP contribution in [-0.2, 0) is 16.1 Å². The molecule has 0 unspecified atom stereocenters. The van der Waals surface area contributed by atoms with Crippen LogP contribution in [0.1, 0.15) is 22.8 Å². The second kappa shape index (κ2) is 8.95. The third-order valence-electron chi connectivity index (χ3n) is 3.44. The van der Waals surface area contributed by atoms with Crippen molar-refractivity contribution in [3.63, 3.8) is 0 Å². The largest absolute Gasteiger partial charge is 0.487 e. The molecule has 0 aliphatic heterocycles. The zero-order chi connectivity index (χ0) is 19.1. The summed E-state index contributed by atoms with van der Waals surface area (Å²) in [5.41, 5.74) is 0.634. The van der Waals surface area contributed by atoms with Gasteiger partial charge in [-0.2, -0.15) is 11.3 Å². The van der Waals surface area contributed by atoms with Crippen LogP contribution in [0, 0.1) is 10.1 Å². The first-order valence-corrected chi connectivity index (χ1v) is 8.70. The highest BCUT2D eigenvalue weighted by molar-refractivity contribution is 7.07. The minimum absolute atomic E-state index is 0.0200. The Kier molecular flexibility index (Phi) is 6.67. The van der Waals surface area contributed by atoms with Gasteiger partial charge in [0.15, 0.2) is 12.4 Å². The molecule has 1 aromatic heterocycles. The van der Waals surface area contributed by atoms with Gasteiger partial charge in [0.25, 0.3) is 5.91 Å². The highest BCUT2D eigenvalue weighted by atomic mass is 32.1. The summed E-state index contributed by atoms with van der Waals surface area (Å²) in [6.45, 7) is 1.93. The van der Waals surface area contributed by atoms with Gasteiger partial charge in [-0.25, -0.2) is 4.79 Å². The van der Waals surface area contributed by atoms with E-state index in [-0.39, 0.29) is 29.5 Å². The third-order valence-corrected chi connectivity index (χ3v) is 4.18. The quantitative estimate of drug-likeness (QED) is 0.398. The lowest BCUT2D eigenvalue weighted by Gasteiger charge is -2.16. The van der Waals surface area contributed by atoms with Crippen molar-refractivity contribution in [1.29, 1.82) is 0 Å². The van der Waals surface area contributed by atoms with E-state index in [0.717, 1.165) is 11.6 Å². The Morgan fingerprint density at radius 1 is 1.31 bits per heavy atom. The normalized spacial score (nSPS) is 10.2. The molecule has 0 spiro atoms. The first kappa shape index (κ1) is 19.4. The number of carbonyl (C=O) groups is 2. The van der Waals surface area contributed by atoms with E-state index in [4.69, 9.17) is 9.47 Å². The van der Waals surface area contributed by atoms with Crippen LogP contribution in [0.2, 0.25) is 0 Å². The number of likely N-dealkylation sites (N-methyl/N-ethyl adjacent to an activating group) is 1. The minimum atomic E-state index is -0.812. The molecule has 0 atom stereocenters. The van der Waals surface area contributed by atoms with Gasteiger partial charge in [0.2, 0.25) is 0 Å². The average molecular weight is 378 g/mol. The van der Waals surface area contributed by atoms with Crippen molar-refractivity contribution in [2.45, 2.75) is 13.5 Å². The van der Waals surface area contributed by atoms with Crippen molar-refractivity contribution in [1.82, 2.24) is 4.90 Å². The van der Waals surface area contributed by atoms with E-state index in [1.165, 1.54) is 28.4 Å². The predicted octanol–water partition coefficient (Wildman–Crippen LogP) is 2.87. The number of amides is 1. The molecule has 1 amide bonds. The number of ether oxygens (including phenoxy) is 2. The van der Waals surface area contributed by atoms with Crippen molar-refractivity contribution in [3.8, 4) is 5.75 Å². The van der Waals surface area contributed by atoms with E-state index in [2.05, 4.69) is 0 Å². The van der Waals surface area contributed by atoms with Gasteiger partial charge in [-0.1, -0.05) is 0 Å². The molecule has 1 aromatic carbocycles. The van der Waals surface area contributed by atoms with Crippen molar-refractivity contribution in [2.75, 3.05) is 20.3 Å². The number of carbonyl (C=O) groups excluding carboxylic acids is 2. The second-order valence-electron chi connectivity index (χ2n) is 5.33. The van der Waals surface area contributed by atoms with Crippen LogP contribution in [0.15, 0.2) is 35.0 Å². The van der Waals surface area contributed by atoms with Crippen molar-refractivity contribution in [3.05, 3.63) is 56.3 Å². The molecular weight excluding hydrogens is 360 g/mol. The Labute approximate surface area is 154 Å². The minimum Gasteiger partial charge on any atom is -0.487 e. The van der Waals surface area contributed by atoms with E-state index in [9.17, 15) is 19.7 Å². The second-order valence-corrected chi connectivity index (χ2v) is 6.11. The Morgan fingerprint density at radius 2 is 2.08 bits per heavy atom. The summed E-state index contributed by atoms with van der Waals surface area (Å²) in [5, 5.41) is 14.9. The number of nitro groups is 1. The van der Waals surface area contributed by atoms with Gasteiger partial charge < -0.3 is 14.4 Å². The Bertz CT molecular complexity index is 791. The molecule has 0 bridgehead atoms. The molecule has 0 aliphatic carbocycles. The predicted molar refractivity (Wildman–Crippen MR) is 95.3 cm³/mol. The van der Waals surface area contributed by atoms with E-state index < -0.39 is 17.5 Å². The summed E-state index contributed by atoms with van der Waals surface area (Å²) in [6, 6.07) is 5.68. The molecular formula is C17H18N2O6S. The summed E-state index contributed by atoms with van der Waals surface area (Å²) >= 11 is 1.53. The first-order chi connectivity index (χ1) is 12.4. The van der Waals surface area contributed by atoms with Crippen LogP contribution in [-0.4, -0.2) is 42.0 Å². The highest BCUT2D eigenvalue weighted by Gasteiger charge is 2.20. The van der Waals surface area contributed by atoms with Crippen LogP contribution in [0.3, 0.4) is 0 Å². The number of hydrogen-bond acceptors (Lipinski definition) is 7. The Balaban J connectivity index is 1.97. The lowest BCUT2D eigenvalue weighted by atomic mass is 10.2. The molecule has 9 heteroatoms. The van der Waals surface area contributed by atoms with Crippen molar-refractivity contribution >= 4 is 28.9 Å². The van der Waals surface area contributed by atoms with E-state index >= 15 is 0 Å². The number of hydrogen-bond donors (Lipinski definition) is 0. The van der Waals surface area contributed by atoms with Crippen molar-refractivity contribution in [2.24, 2.45) is 0 Å². The van der Waals surface area contributed by atoms with E-state index in [0.29, 0.717) is 6.54 Å². The fraction of sp³-hybridized carbons (Fsp3) is 0.294. The molecule has 0 aliphatic rings. The lowest BCUT2D eigenvalue weighted by Crippen LogP contribution is -2.30. The SMILES string of the molecule is CCOc1ccc(C(=O)OCC(=O)N(C)Cc2ccsc2)cc1[N+](=O)[O-]. The maximum atomic E-state index is 12.1. The van der Waals surface area contributed by atoms with Gasteiger partial charge >= 0.3 is 11.7 Å². The van der Waals surface area contributed by atoms with Crippen LogP contribution in [0.4, 0.5) is 5.69 Å². The monoisotopic (exact) mass is 378 g/mol. The Hall–Kier alpha value is -2.94. The van der Waals surface area contributed by atoms with Crippen LogP contribution < -0.4 is 4.74 Å². The van der Waals surface area contributed by atoms with Gasteiger partial charge in [-0.05, 0) is 41.4 Å². The molecule has 0 fully saturated rings. The number of benzene rings is 1. The number of rotatable bonds is 8. The van der Waals surface area contributed by atoms with E-state index in [1.807, 2.05) is 16.8 Å². The number of nitrogens with zero attached hydrogens (tertiary/aromatic N) is 2. The maximum Gasteiger partial charge on any atom is 0.338 e. The van der Waals surface area contributed by atoms with Crippen molar-refractivity contribution < 1.29 is 24.0 Å². The first-order valence-electron chi connectivity index (χ1n) is 7.75. The molecule has 2 aromatic rings. The Morgan fingerprint density at radius 3 is 2.69 bits per heavy atom. The smallest absolute Gasteiger partial charge is 0.338 e.